The summed E-state index contributed by atoms with van der Waals surface area (Å²) in [4.78, 5) is 24.9. The molecule has 1 saturated heterocycles. The lowest BCUT2D eigenvalue weighted by Crippen LogP contribution is -2.52. The third kappa shape index (κ3) is 3.32. The highest BCUT2D eigenvalue weighted by atomic mass is 16.5. The van der Waals surface area contributed by atoms with E-state index in [-0.39, 0.29) is 30.9 Å². The lowest BCUT2D eigenvalue weighted by Gasteiger charge is -2.34. The highest BCUT2D eigenvalue weighted by molar-refractivity contribution is 5.95. The zero-order valence-corrected chi connectivity index (χ0v) is 11.7. The molecule has 1 aromatic carbocycles. The maximum Gasteiger partial charge on any atom is 0.336 e. The fraction of sp³-hybridized carbons (Fsp3) is 0.429. The maximum atomic E-state index is 12.3. The Kier molecular flexibility index (Phi) is 4.77. The predicted molar refractivity (Wildman–Crippen MR) is 75.6 cm³/mol. The van der Waals surface area contributed by atoms with E-state index in [0.717, 1.165) is 0 Å². The van der Waals surface area contributed by atoms with Gasteiger partial charge in [0.1, 0.15) is 0 Å². The van der Waals surface area contributed by atoms with Crippen LogP contribution in [-0.2, 0) is 4.74 Å². The summed E-state index contributed by atoms with van der Waals surface area (Å²) < 4.78 is 5.22. The molecule has 0 aliphatic carbocycles. The van der Waals surface area contributed by atoms with Crippen molar-refractivity contribution in [3.8, 4) is 0 Å². The number of hydrogen-bond donors (Lipinski definition) is 3. The molecule has 7 heteroatoms. The summed E-state index contributed by atoms with van der Waals surface area (Å²) in [7, 11) is 0. The molecule has 3 N–H and O–H groups in total. The SMILES string of the molecule is Cc1c(NC(=O)N2CCOCC2CO)cccc1C(=O)O. The van der Waals surface area contributed by atoms with Crippen molar-refractivity contribution in [3.63, 3.8) is 0 Å². The van der Waals surface area contributed by atoms with Crippen LogP contribution in [0, 0.1) is 6.92 Å². The van der Waals surface area contributed by atoms with Crippen LogP contribution in [0.3, 0.4) is 0 Å². The molecule has 2 rings (SSSR count). The summed E-state index contributed by atoms with van der Waals surface area (Å²) in [5.74, 6) is -1.04. The minimum atomic E-state index is -1.04. The number of carboxylic acid groups (broad SMARTS) is 1. The smallest absolute Gasteiger partial charge is 0.336 e. The lowest BCUT2D eigenvalue weighted by atomic mass is 10.1. The van der Waals surface area contributed by atoms with Crippen LogP contribution in [-0.4, -0.2) is 59.5 Å². The number of aliphatic hydroxyl groups is 1. The number of morpholine rings is 1. The van der Waals surface area contributed by atoms with E-state index in [1.807, 2.05) is 0 Å². The normalized spacial score (nSPS) is 18.4. The van der Waals surface area contributed by atoms with Gasteiger partial charge in [0.25, 0.3) is 0 Å². The van der Waals surface area contributed by atoms with Crippen molar-refractivity contribution >= 4 is 17.7 Å². The summed E-state index contributed by atoms with van der Waals surface area (Å²) in [6.45, 7) is 2.55. The van der Waals surface area contributed by atoms with E-state index in [1.165, 1.54) is 11.0 Å². The number of amides is 2. The summed E-state index contributed by atoms with van der Waals surface area (Å²) in [6, 6.07) is 3.95. The number of benzene rings is 1. The molecule has 7 nitrogen and oxygen atoms in total. The molecule has 0 aromatic heterocycles. The molecule has 2 amide bonds. The van der Waals surface area contributed by atoms with Gasteiger partial charge in [-0.2, -0.15) is 0 Å². The van der Waals surface area contributed by atoms with Gasteiger partial charge in [-0.25, -0.2) is 9.59 Å². The van der Waals surface area contributed by atoms with Gasteiger partial charge in [0, 0.05) is 12.2 Å². The van der Waals surface area contributed by atoms with Gasteiger partial charge in [0.05, 0.1) is 31.4 Å². The fourth-order valence-electron chi connectivity index (χ4n) is 2.26. The monoisotopic (exact) mass is 294 g/mol. The average molecular weight is 294 g/mol. The molecule has 1 fully saturated rings. The topological polar surface area (TPSA) is 99.1 Å². The zero-order chi connectivity index (χ0) is 15.4. The number of nitrogens with one attached hydrogen (secondary N) is 1. The predicted octanol–water partition coefficient (Wildman–Crippen LogP) is 0.918. The standard InChI is InChI=1S/C14H18N2O5/c1-9-11(13(18)19)3-2-4-12(9)15-14(20)16-5-6-21-8-10(16)7-17/h2-4,10,17H,5-8H2,1H3,(H,15,20)(H,18,19). The van der Waals surface area contributed by atoms with E-state index in [2.05, 4.69) is 5.32 Å². The van der Waals surface area contributed by atoms with E-state index in [9.17, 15) is 14.7 Å². The summed E-state index contributed by atoms with van der Waals surface area (Å²) in [5, 5.41) is 21.0. The molecule has 21 heavy (non-hydrogen) atoms. The number of carboxylic acids is 1. The number of aromatic carboxylic acids is 1. The van der Waals surface area contributed by atoms with E-state index >= 15 is 0 Å². The van der Waals surface area contributed by atoms with Gasteiger partial charge in [-0.05, 0) is 24.6 Å². The van der Waals surface area contributed by atoms with Crippen LogP contribution in [0.5, 0.6) is 0 Å². The first-order valence-electron chi connectivity index (χ1n) is 6.63. The number of aliphatic hydroxyl groups excluding tert-OH is 1. The van der Waals surface area contributed by atoms with Crippen LogP contribution in [0.25, 0.3) is 0 Å². The molecule has 1 aliphatic rings. The minimum absolute atomic E-state index is 0.147. The van der Waals surface area contributed by atoms with Gasteiger partial charge in [0.2, 0.25) is 0 Å². The first kappa shape index (κ1) is 15.3. The van der Waals surface area contributed by atoms with E-state index in [1.54, 1.807) is 19.1 Å². The number of hydrogen-bond acceptors (Lipinski definition) is 4. The van der Waals surface area contributed by atoms with Gasteiger partial charge in [-0.1, -0.05) is 6.07 Å². The maximum absolute atomic E-state index is 12.3. The Balaban J connectivity index is 2.16. The van der Waals surface area contributed by atoms with Crippen molar-refractivity contribution in [3.05, 3.63) is 29.3 Å². The second-order valence-corrected chi connectivity index (χ2v) is 4.82. The third-order valence-electron chi connectivity index (χ3n) is 3.50. The number of carbonyl (C=O) groups is 2. The number of nitrogens with zero attached hydrogens (tertiary/aromatic N) is 1. The zero-order valence-electron chi connectivity index (χ0n) is 11.7. The van der Waals surface area contributed by atoms with Crippen LogP contribution in [0.4, 0.5) is 10.5 Å². The van der Waals surface area contributed by atoms with Gasteiger partial charge in [0.15, 0.2) is 0 Å². The lowest BCUT2D eigenvalue weighted by molar-refractivity contribution is -0.00485. The molecule has 114 valence electrons. The Hall–Kier alpha value is -2.12. The van der Waals surface area contributed by atoms with Gasteiger partial charge < -0.3 is 25.2 Å². The van der Waals surface area contributed by atoms with Crippen molar-refractivity contribution in [2.75, 3.05) is 31.7 Å². The average Bonchev–Trinajstić information content (AvgIpc) is 2.48. The summed E-state index contributed by atoms with van der Waals surface area (Å²) >= 11 is 0. The van der Waals surface area contributed by atoms with Gasteiger partial charge in [-0.3, -0.25) is 0 Å². The van der Waals surface area contributed by atoms with Crippen LogP contribution >= 0.6 is 0 Å². The third-order valence-corrected chi connectivity index (χ3v) is 3.50. The molecule has 1 aliphatic heterocycles. The number of rotatable bonds is 3. The Morgan fingerprint density at radius 3 is 2.90 bits per heavy atom. The molecule has 1 unspecified atom stereocenters. The molecular formula is C14H18N2O5. The van der Waals surface area contributed by atoms with E-state index in [4.69, 9.17) is 9.84 Å². The largest absolute Gasteiger partial charge is 0.478 e. The summed E-state index contributed by atoms with van der Waals surface area (Å²) in [5.41, 5.74) is 1.09. The second kappa shape index (κ2) is 6.55. The minimum Gasteiger partial charge on any atom is -0.478 e. The van der Waals surface area contributed by atoms with Gasteiger partial charge in [-0.15, -0.1) is 0 Å². The van der Waals surface area contributed by atoms with Crippen molar-refractivity contribution in [2.45, 2.75) is 13.0 Å². The Labute approximate surface area is 122 Å². The van der Waals surface area contributed by atoms with Crippen LogP contribution in [0.15, 0.2) is 18.2 Å². The Morgan fingerprint density at radius 1 is 1.48 bits per heavy atom. The van der Waals surface area contributed by atoms with Crippen molar-refractivity contribution in [1.82, 2.24) is 4.90 Å². The van der Waals surface area contributed by atoms with Crippen LogP contribution < -0.4 is 5.32 Å². The second-order valence-electron chi connectivity index (χ2n) is 4.82. The molecule has 1 aromatic rings. The molecular weight excluding hydrogens is 276 g/mol. The molecule has 0 spiro atoms. The molecule has 0 saturated carbocycles. The molecule has 1 atom stereocenters. The molecule has 0 radical (unpaired) electrons. The number of carbonyl (C=O) groups excluding carboxylic acids is 1. The van der Waals surface area contributed by atoms with Crippen molar-refractivity contribution in [2.24, 2.45) is 0 Å². The first-order chi connectivity index (χ1) is 10.0. The van der Waals surface area contributed by atoms with Crippen molar-refractivity contribution in [1.29, 1.82) is 0 Å². The Morgan fingerprint density at radius 2 is 2.24 bits per heavy atom. The van der Waals surface area contributed by atoms with Gasteiger partial charge >= 0.3 is 12.0 Å². The molecule has 0 bridgehead atoms. The van der Waals surface area contributed by atoms with Crippen molar-refractivity contribution < 1.29 is 24.5 Å². The fourth-order valence-corrected chi connectivity index (χ4v) is 2.26. The van der Waals surface area contributed by atoms with Crippen LogP contribution in [0.1, 0.15) is 15.9 Å². The van der Waals surface area contributed by atoms with Crippen LogP contribution in [0.2, 0.25) is 0 Å². The number of urea groups is 1. The number of ether oxygens (including phenoxy) is 1. The summed E-state index contributed by atoms with van der Waals surface area (Å²) in [6.07, 6.45) is 0. The van der Waals surface area contributed by atoms with E-state index < -0.39 is 5.97 Å². The Bertz CT molecular complexity index is 546. The molecule has 1 heterocycles. The highest BCUT2D eigenvalue weighted by Crippen LogP contribution is 2.20. The highest BCUT2D eigenvalue weighted by Gasteiger charge is 2.27. The quantitative estimate of drug-likeness (QED) is 0.770. The van der Waals surface area contributed by atoms with E-state index in [0.29, 0.717) is 24.4 Å². The first-order valence-corrected chi connectivity index (χ1v) is 6.63. The number of anilines is 1.